The van der Waals surface area contributed by atoms with Crippen LogP contribution in [0.4, 0.5) is 0 Å². The molecule has 0 bridgehead atoms. The molecule has 0 aliphatic rings. The number of pyridine rings is 1. The number of sulfone groups is 1. The zero-order valence-corrected chi connectivity index (χ0v) is 13.0. The quantitative estimate of drug-likeness (QED) is 0.736. The van der Waals surface area contributed by atoms with Gasteiger partial charge in [-0.15, -0.1) is 0 Å². The molecule has 0 amide bonds. The van der Waals surface area contributed by atoms with Crippen LogP contribution in [0.1, 0.15) is 5.56 Å². The van der Waals surface area contributed by atoms with Crippen LogP contribution in [0.25, 0.3) is 5.69 Å². The Morgan fingerprint density at radius 1 is 1.09 bits per heavy atom. The summed E-state index contributed by atoms with van der Waals surface area (Å²) >= 11 is 5.92. The van der Waals surface area contributed by atoms with E-state index in [0.717, 1.165) is 5.69 Å². The average molecular weight is 334 g/mol. The van der Waals surface area contributed by atoms with Crippen molar-refractivity contribution in [2.75, 3.05) is 0 Å². The Hall–Kier alpha value is -2.18. The van der Waals surface area contributed by atoms with E-state index in [0.29, 0.717) is 5.56 Å². The summed E-state index contributed by atoms with van der Waals surface area (Å²) in [6, 6.07) is 10.3. The monoisotopic (exact) mass is 333 g/mol. The third kappa shape index (κ3) is 3.03. The molecule has 0 aliphatic carbocycles. The van der Waals surface area contributed by atoms with Crippen molar-refractivity contribution in [3.63, 3.8) is 0 Å². The van der Waals surface area contributed by atoms with Crippen LogP contribution >= 0.6 is 11.6 Å². The molecule has 3 aromatic rings. The number of rotatable bonds is 4. The zero-order chi connectivity index (χ0) is 15.6. The minimum absolute atomic E-state index is 0.0876. The fourth-order valence-corrected chi connectivity index (χ4v) is 3.89. The zero-order valence-electron chi connectivity index (χ0n) is 11.4. The molecule has 2 heterocycles. The highest BCUT2D eigenvalue weighted by molar-refractivity contribution is 7.90. The molecule has 112 valence electrons. The Balaban J connectivity index is 1.86. The van der Waals surface area contributed by atoms with E-state index in [9.17, 15) is 8.42 Å². The van der Waals surface area contributed by atoms with Gasteiger partial charge >= 0.3 is 0 Å². The van der Waals surface area contributed by atoms with Gasteiger partial charge in [-0.1, -0.05) is 23.7 Å². The third-order valence-corrected chi connectivity index (χ3v) is 5.16. The maximum absolute atomic E-state index is 12.4. The van der Waals surface area contributed by atoms with E-state index in [2.05, 4.69) is 9.97 Å². The second-order valence-electron chi connectivity index (χ2n) is 4.69. The van der Waals surface area contributed by atoms with E-state index in [-0.39, 0.29) is 15.8 Å². The molecule has 1 aromatic carbocycles. The topological polar surface area (TPSA) is 64.8 Å². The van der Waals surface area contributed by atoms with Crippen LogP contribution in [0.15, 0.2) is 66.3 Å². The second-order valence-corrected chi connectivity index (χ2v) is 7.00. The van der Waals surface area contributed by atoms with Gasteiger partial charge in [0.2, 0.25) is 9.84 Å². The summed E-state index contributed by atoms with van der Waals surface area (Å²) in [5, 5.41) is 0.0490. The Morgan fingerprint density at radius 2 is 1.86 bits per heavy atom. The molecular formula is C15H12ClN3O2S. The van der Waals surface area contributed by atoms with E-state index in [1.165, 1.54) is 12.3 Å². The number of hydrogen-bond donors (Lipinski definition) is 0. The number of imidazole rings is 1. The first-order valence-corrected chi connectivity index (χ1v) is 8.50. The standard InChI is InChI=1S/C15H12ClN3O2S/c16-14-2-1-7-18-15(14)22(20,21)10-12-3-5-13(6-4-12)19-9-8-17-11-19/h1-9,11H,10H2. The van der Waals surface area contributed by atoms with Gasteiger partial charge in [-0.05, 0) is 29.8 Å². The van der Waals surface area contributed by atoms with E-state index in [1.807, 2.05) is 22.9 Å². The minimum Gasteiger partial charge on any atom is -0.306 e. The molecule has 7 heteroatoms. The third-order valence-electron chi connectivity index (χ3n) is 3.11. The Bertz CT molecular complexity index is 875. The van der Waals surface area contributed by atoms with E-state index in [1.54, 1.807) is 30.7 Å². The Labute approximate surface area is 133 Å². The summed E-state index contributed by atoms with van der Waals surface area (Å²) in [6.45, 7) is 0. The minimum atomic E-state index is -3.57. The molecule has 0 aliphatic heterocycles. The predicted molar refractivity (Wildman–Crippen MR) is 83.7 cm³/mol. The number of hydrogen-bond acceptors (Lipinski definition) is 4. The van der Waals surface area contributed by atoms with Crippen molar-refractivity contribution < 1.29 is 8.42 Å². The van der Waals surface area contributed by atoms with Crippen LogP contribution < -0.4 is 0 Å². The second kappa shape index (κ2) is 5.90. The Kier molecular flexibility index (Phi) is 3.96. The predicted octanol–water partition coefficient (Wildman–Crippen LogP) is 2.89. The molecule has 22 heavy (non-hydrogen) atoms. The van der Waals surface area contributed by atoms with E-state index in [4.69, 9.17) is 11.6 Å². The number of benzene rings is 1. The van der Waals surface area contributed by atoms with Crippen molar-refractivity contribution in [1.29, 1.82) is 0 Å². The summed E-state index contributed by atoms with van der Waals surface area (Å²) in [5.74, 6) is -0.145. The number of nitrogens with zero attached hydrogens (tertiary/aromatic N) is 3. The highest BCUT2D eigenvalue weighted by Gasteiger charge is 2.20. The van der Waals surface area contributed by atoms with Gasteiger partial charge in [0.25, 0.3) is 0 Å². The van der Waals surface area contributed by atoms with Crippen molar-refractivity contribution in [3.05, 3.63) is 71.9 Å². The SMILES string of the molecule is O=S(=O)(Cc1ccc(-n2ccnc2)cc1)c1ncccc1Cl. The first-order valence-electron chi connectivity index (χ1n) is 6.47. The summed E-state index contributed by atoms with van der Waals surface area (Å²) in [6.07, 6.45) is 6.60. The smallest absolute Gasteiger partial charge is 0.201 e. The molecule has 3 rings (SSSR count). The Morgan fingerprint density at radius 3 is 2.50 bits per heavy atom. The van der Waals surface area contributed by atoms with Crippen LogP contribution in [0.2, 0.25) is 5.02 Å². The number of halogens is 1. The first kappa shape index (κ1) is 14.7. The average Bonchev–Trinajstić information content (AvgIpc) is 3.02. The fraction of sp³-hybridized carbons (Fsp3) is 0.0667. The van der Waals surface area contributed by atoms with Gasteiger partial charge in [0.1, 0.15) is 0 Å². The fourth-order valence-electron chi connectivity index (χ4n) is 2.06. The number of aromatic nitrogens is 3. The molecular weight excluding hydrogens is 322 g/mol. The van der Waals surface area contributed by atoms with Crippen LogP contribution in [-0.4, -0.2) is 23.0 Å². The van der Waals surface area contributed by atoms with Crippen molar-refractivity contribution in [3.8, 4) is 5.69 Å². The lowest BCUT2D eigenvalue weighted by molar-refractivity contribution is 0.591. The lowest BCUT2D eigenvalue weighted by Gasteiger charge is -2.07. The molecule has 0 saturated carbocycles. The molecule has 2 aromatic heterocycles. The normalized spacial score (nSPS) is 11.5. The van der Waals surface area contributed by atoms with Crippen molar-refractivity contribution in [2.24, 2.45) is 0 Å². The first-order chi connectivity index (χ1) is 10.6. The van der Waals surface area contributed by atoms with Crippen LogP contribution in [0.3, 0.4) is 0 Å². The lowest BCUT2D eigenvalue weighted by Crippen LogP contribution is -2.07. The van der Waals surface area contributed by atoms with Crippen molar-refractivity contribution >= 4 is 21.4 Å². The largest absolute Gasteiger partial charge is 0.306 e. The van der Waals surface area contributed by atoms with Crippen molar-refractivity contribution in [2.45, 2.75) is 10.8 Å². The summed E-state index contributed by atoms with van der Waals surface area (Å²) in [5.41, 5.74) is 1.58. The van der Waals surface area contributed by atoms with Gasteiger partial charge in [0, 0.05) is 24.3 Å². The van der Waals surface area contributed by atoms with Gasteiger partial charge in [-0.25, -0.2) is 18.4 Å². The van der Waals surface area contributed by atoms with Gasteiger partial charge in [-0.3, -0.25) is 0 Å². The summed E-state index contributed by atoms with van der Waals surface area (Å²) in [7, 11) is -3.57. The molecule has 5 nitrogen and oxygen atoms in total. The molecule has 0 fully saturated rings. The van der Waals surface area contributed by atoms with Gasteiger partial charge in [0.15, 0.2) is 5.03 Å². The maximum Gasteiger partial charge on any atom is 0.201 e. The van der Waals surface area contributed by atoms with Crippen LogP contribution in [0.5, 0.6) is 0 Å². The summed E-state index contributed by atoms with van der Waals surface area (Å²) in [4.78, 5) is 7.85. The molecule has 0 N–H and O–H groups in total. The van der Waals surface area contributed by atoms with Crippen molar-refractivity contribution in [1.82, 2.24) is 14.5 Å². The summed E-state index contributed by atoms with van der Waals surface area (Å²) < 4.78 is 26.6. The highest BCUT2D eigenvalue weighted by atomic mass is 35.5. The van der Waals surface area contributed by atoms with Gasteiger partial charge in [0.05, 0.1) is 17.1 Å². The molecule has 0 atom stereocenters. The van der Waals surface area contributed by atoms with E-state index < -0.39 is 9.84 Å². The van der Waals surface area contributed by atoms with Gasteiger partial charge < -0.3 is 4.57 Å². The molecule has 0 unspecified atom stereocenters. The van der Waals surface area contributed by atoms with Crippen LogP contribution in [-0.2, 0) is 15.6 Å². The molecule has 0 spiro atoms. The maximum atomic E-state index is 12.4. The lowest BCUT2D eigenvalue weighted by atomic mass is 10.2. The van der Waals surface area contributed by atoms with Gasteiger partial charge in [-0.2, -0.15) is 0 Å². The molecule has 0 saturated heterocycles. The van der Waals surface area contributed by atoms with Crippen LogP contribution in [0, 0.1) is 0 Å². The molecule has 0 radical (unpaired) electrons. The highest BCUT2D eigenvalue weighted by Crippen LogP contribution is 2.22. The van der Waals surface area contributed by atoms with E-state index >= 15 is 0 Å².